The van der Waals surface area contributed by atoms with Crippen LogP contribution in [0, 0.1) is 0 Å². The molecule has 1 heterocycles. The summed E-state index contributed by atoms with van der Waals surface area (Å²) in [6, 6.07) is 0. The lowest BCUT2D eigenvalue weighted by molar-refractivity contribution is -0.153. The third-order valence-corrected chi connectivity index (χ3v) is 6.21. The standard InChI is InChI=1S/C18H30N2O/c1-2-16(21)19-20-17(10-5-3-6-11-17)14-9-15-18(20)12-7-4-8-13-18/h2H,1,3-15H2,(H,19,21). The molecule has 2 aliphatic carbocycles. The van der Waals surface area contributed by atoms with Gasteiger partial charge >= 0.3 is 0 Å². The highest BCUT2D eigenvalue weighted by atomic mass is 16.2. The molecule has 0 aromatic carbocycles. The van der Waals surface area contributed by atoms with Crippen molar-refractivity contribution in [3.63, 3.8) is 0 Å². The van der Waals surface area contributed by atoms with Crippen LogP contribution in [0.3, 0.4) is 0 Å². The molecule has 0 unspecified atom stereocenters. The van der Waals surface area contributed by atoms with Crippen molar-refractivity contribution in [2.45, 2.75) is 94.5 Å². The van der Waals surface area contributed by atoms with Gasteiger partial charge in [-0.25, -0.2) is 5.01 Å². The quantitative estimate of drug-likeness (QED) is 0.777. The number of hydrazine groups is 1. The molecule has 0 atom stereocenters. The van der Waals surface area contributed by atoms with E-state index < -0.39 is 0 Å². The second-order valence-corrected chi connectivity index (χ2v) is 7.44. The van der Waals surface area contributed by atoms with Gasteiger partial charge in [-0.3, -0.25) is 10.2 Å². The van der Waals surface area contributed by atoms with Crippen LogP contribution < -0.4 is 5.43 Å². The first-order valence-electron chi connectivity index (χ1n) is 8.94. The monoisotopic (exact) mass is 290 g/mol. The van der Waals surface area contributed by atoms with E-state index in [9.17, 15) is 4.79 Å². The normalized spacial score (nSPS) is 28.4. The van der Waals surface area contributed by atoms with Crippen molar-refractivity contribution in [3.05, 3.63) is 12.7 Å². The first-order valence-corrected chi connectivity index (χ1v) is 8.94. The molecular weight excluding hydrogens is 260 g/mol. The minimum atomic E-state index is -0.0215. The number of carbonyl (C=O) groups is 1. The second-order valence-electron chi connectivity index (χ2n) is 7.44. The smallest absolute Gasteiger partial charge is 0.257 e. The first-order chi connectivity index (χ1) is 10.2. The summed E-state index contributed by atoms with van der Waals surface area (Å²) in [4.78, 5) is 12.1. The van der Waals surface area contributed by atoms with Gasteiger partial charge in [-0.15, -0.1) is 0 Å². The molecule has 118 valence electrons. The van der Waals surface area contributed by atoms with E-state index in [2.05, 4.69) is 17.0 Å². The summed E-state index contributed by atoms with van der Waals surface area (Å²) in [6.45, 7) is 3.65. The largest absolute Gasteiger partial charge is 0.284 e. The molecule has 1 N–H and O–H groups in total. The van der Waals surface area contributed by atoms with E-state index in [1.54, 1.807) is 0 Å². The number of nitrogens with one attached hydrogen (secondary N) is 1. The number of nitrogens with zero attached hydrogens (tertiary/aromatic N) is 1. The maximum atomic E-state index is 12.1. The van der Waals surface area contributed by atoms with Gasteiger partial charge in [0.15, 0.2) is 0 Å². The van der Waals surface area contributed by atoms with Crippen LogP contribution in [-0.4, -0.2) is 22.0 Å². The Kier molecular flexibility index (Phi) is 4.39. The predicted molar refractivity (Wildman–Crippen MR) is 85.7 cm³/mol. The molecule has 21 heavy (non-hydrogen) atoms. The fraction of sp³-hybridized carbons (Fsp3) is 0.833. The Morgan fingerprint density at radius 1 is 0.810 bits per heavy atom. The van der Waals surface area contributed by atoms with E-state index in [4.69, 9.17) is 0 Å². The molecule has 1 saturated heterocycles. The lowest BCUT2D eigenvalue weighted by atomic mass is 9.66. The highest BCUT2D eigenvalue weighted by molar-refractivity contribution is 5.86. The van der Waals surface area contributed by atoms with Crippen LogP contribution in [0.1, 0.15) is 83.5 Å². The van der Waals surface area contributed by atoms with Gasteiger partial charge in [0, 0.05) is 11.1 Å². The third kappa shape index (κ3) is 2.77. The lowest BCUT2D eigenvalue weighted by Gasteiger charge is -2.60. The minimum absolute atomic E-state index is 0.0215. The summed E-state index contributed by atoms with van der Waals surface area (Å²) in [6.07, 6.45) is 18.3. The number of amides is 1. The van der Waals surface area contributed by atoms with Crippen LogP contribution in [0.2, 0.25) is 0 Å². The van der Waals surface area contributed by atoms with E-state index >= 15 is 0 Å². The Hall–Kier alpha value is -0.830. The van der Waals surface area contributed by atoms with Crippen LogP contribution in [-0.2, 0) is 4.79 Å². The topological polar surface area (TPSA) is 32.3 Å². The molecule has 0 aromatic rings. The molecule has 3 rings (SSSR count). The Morgan fingerprint density at radius 2 is 1.24 bits per heavy atom. The van der Waals surface area contributed by atoms with Crippen LogP contribution in [0.4, 0.5) is 0 Å². The van der Waals surface area contributed by atoms with Crippen molar-refractivity contribution in [2.24, 2.45) is 0 Å². The minimum Gasteiger partial charge on any atom is -0.284 e. The van der Waals surface area contributed by atoms with Gasteiger partial charge in [0.2, 0.25) is 0 Å². The first kappa shape index (κ1) is 15.1. The maximum absolute atomic E-state index is 12.1. The van der Waals surface area contributed by atoms with Crippen molar-refractivity contribution in [1.82, 2.24) is 10.4 Å². The molecule has 0 bridgehead atoms. The van der Waals surface area contributed by atoms with Gasteiger partial charge in [-0.1, -0.05) is 45.1 Å². The molecule has 3 nitrogen and oxygen atoms in total. The zero-order valence-corrected chi connectivity index (χ0v) is 13.3. The van der Waals surface area contributed by atoms with E-state index in [1.807, 2.05) is 0 Å². The highest BCUT2D eigenvalue weighted by Crippen LogP contribution is 2.50. The van der Waals surface area contributed by atoms with Crippen LogP contribution in [0.25, 0.3) is 0 Å². The fourth-order valence-electron chi connectivity index (χ4n) is 5.23. The van der Waals surface area contributed by atoms with Gasteiger partial charge in [-0.2, -0.15) is 0 Å². The zero-order valence-electron chi connectivity index (χ0n) is 13.3. The van der Waals surface area contributed by atoms with Gasteiger partial charge in [-0.05, 0) is 51.0 Å². The predicted octanol–water partition coefficient (Wildman–Crippen LogP) is 4.10. The van der Waals surface area contributed by atoms with E-state index in [0.29, 0.717) is 0 Å². The van der Waals surface area contributed by atoms with Crippen LogP contribution >= 0.6 is 0 Å². The molecule has 2 saturated carbocycles. The molecule has 1 amide bonds. The van der Waals surface area contributed by atoms with Crippen LogP contribution in [0.15, 0.2) is 12.7 Å². The average molecular weight is 290 g/mol. The number of piperidine rings is 1. The van der Waals surface area contributed by atoms with Crippen molar-refractivity contribution in [3.8, 4) is 0 Å². The summed E-state index contributed by atoms with van der Waals surface area (Å²) in [5.41, 5.74) is 3.72. The highest BCUT2D eigenvalue weighted by Gasteiger charge is 2.52. The van der Waals surface area contributed by atoms with Gasteiger partial charge in [0.25, 0.3) is 5.91 Å². The summed E-state index contributed by atoms with van der Waals surface area (Å²) >= 11 is 0. The summed E-state index contributed by atoms with van der Waals surface area (Å²) in [5, 5.41) is 2.46. The summed E-state index contributed by atoms with van der Waals surface area (Å²) in [5.74, 6) is -0.0215. The summed E-state index contributed by atoms with van der Waals surface area (Å²) in [7, 11) is 0. The Labute approximate surface area is 129 Å². The van der Waals surface area contributed by atoms with E-state index in [0.717, 1.165) is 0 Å². The molecule has 0 radical (unpaired) electrons. The van der Waals surface area contributed by atoms with Gasteiger partial charge < -0.3 is 0 Å². The Balaban J connectivity index is 1.90. The Morgan fingerprint density at radius 3 is 1.67 bits per heavy atom. The SMILES string of the molecule is C=CC(=O)NN1C2(CCCCC2)CCCC12CCCCC2. The average Bonchev–Trinajstić information content (AvgIpc) is 2.53. The molecule has 0 aromatic heterocycles. The molecule has 3 fully saturated rings. The third-order valence-electron chi connectivity index (χ3n) is 6.21. The van der Waals surface area contributed by atoms with E-state index in [-0.39, 0.29) is 17.0 Å². The number of hydrogen-bond acceptors (Lipinski definition) is 2. The van der Waals surface area contributed by atoms with E-state index in [1.165, 1.54) is 89.5 Å². The fourth-order valence-corrected chi connectivity index (χ4v) is 5.23. The molecule has 3 aliphatic rings. The summed E-state index contributed by atoms with van der Waals surface area (Å²) < 4.78 is 0. The van der Waals surface area contributed by atoms with Crippen molar-refractivity contribution in [1.29, 1.82) is 0 Å². The number of hydrogen-bond donors (Lipinski definition) is 1. The Bertz CT molecular complexity index is 355. The van der Waals surface area contributed by atoms with Crippen molar-refractivity contribution >= 4 is 5.91 Å². The molecule has 1 aliphatic heterocycles. The molecular formula is C18H30N2O. The van der Waals surface area contributed by atoms with Crippen molar-refractivity contribution in [2.75, 3.05) is 0 Å². The zero-order chi connectivity index (χ0) is 14.8. The second kappa shape index (κ2) is 6.12. The molecule has 2 spiro atoms. The lowest BCUT2D eigenvalue weighted by Crippen LogP contribution is -2.70. The van der Waals surface area contributed by atoms with Crippen LogP contribution in [0.5, 0.6) is 0 Å². The molecule has 3 heteroatoms. The number of rotatable bonds is 2. The van der Waals surface area contributed by atoms with Gasteiger partial charge in [0.1, 0.15) is 0 Å². The van der Waals surface area contributed by atoms with Crippen molar-refractivity contribution < 1.29 is 4.79 Å². The van der Waals surface area contributed by atoms with Gasteiger partial charge in [0.05, 0.1) is 0 Å². The number of carbonyl (C=O) groups excluding carboxylic acids is 1. The maximum Gasteiger partial charge on any atom is 0.257 e.